The third-order valence-electron chi connectivity index (χ3n) is 6.17. The average molecular weight is 430 g/mol. The van der Waals surface area contributed by atoms with Gasteiger partial charge in [-0.3, -0.25) is 4.68 Å². The van der Waals surface area contributed by atoms with E-state index in [0.29, 0.717) is 23.0 Å². The van der Waals surface area contributed by atoms with Crippen LogP contribution in [0.2, 0.25) is 0 Å². The summed E-state index contributed by atoms with van der Waals surface area (Å²) in [6, 6.07) is 24.9. The van der Waals surface area contributed by atoms with Crippen LogP contribution < -0.4 is 4.74 Å². The van der Waals surface area contributed by atoms with Gasteiger partial charge in [-0.05, 0) is 17.0 Å². The fourth-order valence-corrected chi connectivity index (χ4v) is 4.68. The Hall–Kier alpha value is -4.52. The lowest BCUT2D eigenvalue weighted by Crippen LogP contribution is -2.15. The van der Waals surface area contributed by atoms with Gasteiger partial charge in [0.05, 0.1) is 5.56 Å². The molecule has 3 aromatic carbocycles. The van der Waals surface area contributed by atoms with Crippen molar-refractivity contribution in [3.05, 3.63) is 102 Å². The summed E-state index contributed by atoms with van der Waals surface area (Å²) in [5, 5.41) is 11.3. The molecular weight excluding hydrogens is 412 g/mol. The Labute approximate surface area is 188 Å². The first kappa shape index (κ1) is 18.1. The van der Waals surface area contributed by atoms with Crippen LogP contribution in [0.25, 0.3) is 27.9 Å². The highest BCUT2D eigenvalue weighted by Crippen LogP contribution is 2.50. The maximum atomic E-state index is 6.46. The van der Waals surface area contributed by atoms with Gasteiger partial charge in [0.1, 0.15) is 17.8 Å². The van der Waals surface area contributed by atoms with Crippen LogP contribution in [0.4, 0.5) is 0 Å². The number of ether oxygens (including phenoxy) is 1. The zero-order valence-electron chi connectivity index (χ0n) is 17.8. The smallest absolute Gasteiger partial charge is 0.228 e. The maximum Gasteiger partial charge on any atom is 0.228 e. The molecule has 0 N–H and O–H groups in total. The van der Waals surface area contributed by atoms with Gasteiger partial charge in [0.15, 0.2) is 5.65 Å². The van der Waals surface area contributed by atoms with Crippen molar-refractivity contribution in [2.75, 3.05) is 0 Å². The van der Waals surface area contributed by atoms with Gasteiger partial charge in [-0.2, -0.15) is 5.10 Å². The monoisotopic (exact) mass is 430 g/mol. The van der Waals surface area contributed by atoms with Gasteiger partial charge in [0, 0.05) is 30.1 Å². The molecule has 33 heavy (non-hydrogen) atoms. The van der Waals surface area contributed by atoms with E-state index in [0.717, 1.165) is 33.2 Å². The van der Waals surface area contributed by atoms with Crippen molar-refractivity contribution in [2.24, 2.45) is 7.05 Å². The van der Waals surface area contributed by atoms with Crippen LogP contribution in [0.3, 0.4) is 0 Å². The molecule has 7 rings (SSSR count). The van der Waals surface area contributed by atoms with E-state index in [1.807, 2.05) is 37.5 Å². The fraction of sp³-hybridized carbons (Fsp3) is 0.0769. The second kappa shape index (κ2) is 6.74. The highest BCUT2D eigenvalue weighted by molar-refractivity contribution is 5.91. The minimum atomic E-state index is -0.0912. The summed E-state index contributed by atoms with van der Waals surface area (Å²) in [5.41, 5.74) is 4.57. The van der Waals surface area contributed by atoms with Crippen molar-refractivity contribution in [2.45, 2.75) is 5.92 Å². The molecule has 0 radical (unpaired) electrons. The van der Waals surface area contributed by atoms with Crippen molar-refractivity contribution in [1.29, 1.82) is 0 Å². The zero-order chi connectivity index (χ0) is 21.9. The van der Waals surface area contributed by atoms with Gasteiger partial charge in [0.25, 0.3) is 0 Å². The number of hydrogen-bond acceptors (Lipinski definition) is 5. The van der Waals surface area contributed by atoms with Crippen LogP contribution >= 0.6 is 0 Å². The van der Waals surface area contributed by atoms with Crippen molar-refractivity contribution in [3.63, 3.8) is 0 Å². The van der Waals surface area contributed by atoms with Gasteiger partial charge in [-0.25, -0.2) is 14.5 Å². The summed E-state index contributed by atoms with van der Waals surface area (Å²) in [6.45, 7) is 0. The standard InChI is InChI=1S/C26H18N6O/c1-31-14-13-20(29-31)24-28-25-22-21(17-8-3-2-4-9-17)19-12-11-16-7-5-6-10-18(16)23(19)33-26(22)27-15-32(25)30-24/h2-15,21H,1H3/t21-/m1/s1. The highest BCUT2D eigenvalue weighted by Gasteiger charge is 2.34. The lowest BCUT2D eigenvalue weighted by Gasteiger charge is -2.28. The third kappa shape index (κ3) is 2.69. The van der Waals surface area contributed by atoms with E-state index in [1.165, 1.54) is 0 Å². The molecule has 0 saturated carbocycles. The van der Waals surface area contributed by atoms with Crippen LogP contribution in [0, 0.1) is 0 Å². The van der Waals surface area contributed by atoms with E-state index in [-0.39, 0.29) is 5.92 Å². The molecule has 158 valence electrons. The Morgan fingerprint density at radius 2 is 1.73 bits per heavy atom. The predicted molar refractivity (Wildman–Crippen MR) is 124 cm³/mol. The molecule has 0 amide bonds. The minimum Gasteiger partial charge on any atom is -0.438 e. The second-order valence-electron chi connectivity index (χ2n) is 8.19. The Balaban J connectivity index is 1.52. The number of aryl methyl sites for hydroxylation is 1. The van der Waals surface area contributed by atoms with Gasteiger partial charge in [-0.15, -0.1) is 5.10 Å². The van der Waals surface area contributed by atoms with E-state index in [9.17, 15) is 0 Å². The minimum absolute atomic E-state index is 0.0912. The number of hydrogen-bond donors (Lipinski definition) is 0. The molecule has 0 aliphatic carbocycles. The second-order valence-corrected chi connectivity index (χ2v) is 8.19. The molecule has 7 nitrogen and oxygen atoms in total. The first-order valence-corrected chi connectivity index (χ1v) is 10.8. The van der Waals surface area contributed by atoms with Gasteiger partial charge in [-0.1, -0.05) is 66.7 Å². The van der Waals surface area contributed by atoms with Crippen LogP contribution in [0.5, 0.6) is 11.6 Å². The molecular formula is C26H18N6O. The summed E-state index contributed by atoms with van der Waals surface area (Å²) in [6.07, 6.45) is 3.54. The number of nitrogens with zero attached hydrogens (tertiary/aromatic N) is 6. The van der Waals surface area contributed by atoms with E-state index < -0.39 is 0 Å². The molecule has 0 fully saturated rings. The zero-order valence-corrected chi connectivity index (χ0v) is 17.8. The Bertz CT molecular complexity index is 1670. The fourth-order valence-electron chi connectivity index (χ4n) is 4.68. The van der Waals surface area contributed by atoms with E-state index in [1.54, 1.807) is 15.5 Å². The molecule has 0 unspecified atom stereocenters. The molecule has 0 bridgehead atoms. The van der Waals surface area contributed by atoms with Crippen LogP contribution in [-0.2, 0) is 7.05 Å². The van der Waals surface area contributed by atoms with Crippen LogP contribution in [0.1, 0.15) is 22.6 Å². The highest BCUT2D eigenvalue weighted by atomic mass is 16.5. The largest absolute Gasteiger partial charge is 0.438 e. The van der Waals surface area contributed by atoms with E-state index in [2.05, 4.69) is 63.7 Å². The lowest BCUT2D eigenvalue weighted by molar-refractivity contribution is 0.437. The molecule has 1 aliphatic rings. The summed E-state index contributed by atoms with van der Waals surface area (Å²) in [7, 11) is 1.88. The number of fused-ring (bicyclic) bond motifs is 6. The van der Waals surface area contributed by atoms with Crippen LogP contribution in [0.15, 0.2) is 85.3 Å². The summed E-state index contributed by atoms with van der Waals surface area (Å²) in [4.78, 5) is 9.53. The Kier molecular flexibility index (Phi) is 3.69. The summed E-state index contributed by atoms with van der Waals surface area (Å²) >= 11 is 0. The molecule has 4 heterocycles. The van der Waals surface area contributed by atoms with Crippen molar-refractivity contribution in [3.8, 4) is 23.1 Å². The average Bonchev–Trinajstić information content (AvgIpc) is 3.49. The maximum absolute atomic E-state index is 6.46. The number of aromatic nitrogens is 6. The van der Waals surface area contributed by atoms with Crippen LogP contribution in [-0.4, -0.2) is 29.4 Å². The van der Waals surface area contributed by atoms with Crippen molar-refractivity contribution in [1.82, 2.24) is 29.4 Å². The number of rotatable bonds is 2. The Morgan fingerprint density at radius 1 is 0.879 bits per heavy atom. The molecule has 3 aromatic heterocycles. The van der Waals surface area contributed by atoms with Crippen molar-refractivity contribution >= 4 is 16.4 Å². The normalized spacial score (nSPS) is 14.8. The molecule has 6 aromatic rings. The molecule has 0 spiro atoms. The SMILES string of the molecule is Cn1ccc(-c2nc3c4c(ncn3n2)Oc2c(ccc3ccccc23)[C@H]4c2ccccc2)n1. The third-order valence-corrected chi connectivity index (χ3v) is 6.17. The molecule has 7 heteroatoms. The molecule has 0 saturated heterocycles. The predicted octanol–water partition coefficient (Wildman–Crippen LogP) is 4.96. The van der Waals surface area contributed by atoms with Gasteiger partial charge in [0.2, 0.25) is 11.7 Å². The van der Waals surface area contributed by atoms with Gasteiger partial charge < -0.3 is 4.74 Å². The first-order chi connectivity index (χ1) is 16.3. The first-order valence-electron chi connectivity index (χ1n) is 10.8. The van der Waals surface area contributed by atoms with Gasteiger partial charge >= 0.3 is 0 Å². The molecule has 1 atom stereocenters. The summed E-state index contributed by atoms with van der Waals surface area (Å²) < 4.78 is 9.92. The number of benzene rings is 3. The topological polar surface area (TPSA) is 70.1 Å². The summed E-state index contributed by atoms with van der Waals surface area (Å²) in [5.74, 6) is 1.87. The van der Waals surface area contributed by atoms with E-state index in [4.69, 9.17) is 9.72 Å². The molecule has 1 aliphatic heterocycles. The lowest BCUT2D eigenvalue weighted by atomic mass is 9.83. The van der Waals surface area contributed by atoms with Crippen molar-refractivity contribution < 1.29 is 4.74 Å². The van der Waals surface area contributed by atoms with E-state index >= 15 is 0 Å². The Morgan fingerprint density at radius 3 is 2.58 bits per heavy atom. The quantitative estimate of drug-likeness (QED) is 0.388.